The molecule has 10 heteroatoms. The number of nitrogens with one attached hydrogen (secondary N) is 1. The lowest BCUT2D eigenvalue weighted by Crippen LogP contribution is -2.24. The van der Waals surface area contributed by atoms with Crippen LogP contribution in [0.4, 0.5) is 13.2 Å². The van der Waals surface area contributed by atoms with Gasteiger partial charge in [0.2, 0.25) is 0 Å². The molecule has 0 bridgehead atoms. The van der Waals surface area contributed by atoms with Crippen molar-refractivity contribution in [1.29, 1.82) is 0 Å². The van der Waals surface area contributed by atoms with Crippen molar-refractivity contribution in [2.45, 2.75) is 26.2 Å². The molecule has 164 valence electrons. The van der Waals surface area contributed by atoms with Crippen LogP contribution in [0.1, 0.15) is 32.7 Å². The largest absolute Gasteiger partial charge is 0.416 e. The summed E-state index contributed by atoms with van der Waals surface area (Å²) in [7, 11) is 0. The van der Waals surface area contributed by atoms with E-state index >= 15 is 0 Å². The molecule has 0 saturated heterocycles. The Bertz CT molecular complexity index is 1230. The monoisotopic (exact) mass is 440 g/mol. The van der Waals surface area contributed by atoms with Gasteiger partial charge in [-0.3, -0.25) is 4.79 Å². The predicted molar refractivity (Wildman–Crippen MR) is 110 cm³/mol. The average Bonchev–Trinajstić information content (AvgIpc) is 3.42. The minimum Gasteiger partial charge on any atom is -0.348 e. The maximum atomic E-state index is 13.0. The zero-order chi connectivity index (χ0) is 22.7. The van der Waals surface area contributed by atoms with E-state index in [4.69, 9.17) is 0 Å². The number of carbonyl (C=O) groups is 1. The first-order valence-corrected chi connectivity index (χ1v) is 9.72. The third-order valence-electron chi connectivity index (χ3n) is 5.03. The van der Waals surface area contributed by atoms with Gasteiger partial charge in [0.25, 0.3) is 5.91 Å². The van der Waals surface area contributed by atoms with Crippen molar-refractivity contribution in [2.75, 3.05) is 0 Å². The first-order valence-electron chi connectivity index (χ1n) is 9.72. The number of nitrogens with zero attached hydrogens (tertiary/aromatic N) is 5. The first kappa shape index (κ1) is 21.3. The second-order valence-electron chi connectivity index (χ2n) is 7.15. The van der Waals surface area contributed by atoms with Crippen molar-refractivity contribution in [1.82, 2.24) is 29.9 Å². The molecule has 0 spiro atoms. The molecule has 0 aliphatic heterocycles. The third-order valence-corrected chi connectivity index (χ3v) is 5.03. The van der Waals surface area contributed by atoms with Crippen molar-refractivity contribution in [3.05, 3.63) is 95.3 Å². The number of amides is 1. The summed E-state index contributed by atoms with van der Waals surface area (Å²) in [6.07, 6.45) is -0.0424. The van der Waals surface area contributed by atoms with E-state index in [0.717, 1.165) is 23.3 Å². The number of rotatable bonds is 6. The van der Waals surface area contributed by atoms with E-state index in [9.17, 15) is 18.0 Å². The Labute approximate surface area is 181 Å². The molecular weight excluding hydrogens is 421 g/mol. The normalized spacial score (nSPS) is 11.5. The van der Waals surface area contributed by atoms with Crippen LogP contribution >= 0.6 is 0 Å². The summed E-state index contributed by atoms with van der Waals surface area (Å²) in [4.78, 5) is 16.7. The van der Waals surface area contributed by atoms with E-state index in [0.29, 0.717) is 12.2 Å². The quantitative estimate of drug-likeness (QED) is 0.495. The number of hydrogen-bond acceptors (Lipinski definition) is 4. The molecule has 32 heavy (non-hydrogen) atoms. The Kier molecular flexibility index (Phi) is 5.76. The maximum absolute atomic E-state index is 13.0. The molecule has 4 aromatic rings. The van der Waals surface area contributed by atoms with Crippen LogP contribution in [0.5, 0.6) is 0 Å². The van der Waals surface area contributed by atoms with Gasteiger partial charge in [-0.2, -0.15) is 23.4 Å². The molecule has 1 N–H and O–H groups in total. The first-order chi connectivity index (χ1) is 15.3. The van der Waals surface area contributed by atoms with Gasteiger partial charge in [-0.1, -0.05) is 30.3 Å². The highest BCUT2D eigenvalue weighted by atomic mass is 19.4. The Hall–Kier alpha value is -3.95. The zero-order valence-corrected chi connectivity index (χ0v) is 17.0. The maximum Gasteiger partial charge on any atom is 0.416 e. The van der Waals surface area contributed by atoms with Crippen LogP contribution < -0.4 is 5.32 Å². The van der Waals surface area contributed by atoms with Crippen LogP contribution in [0.25, 0.3) is 5.69 Å². The Morgan fingerprint density at radius 3 is 2.56 bits per heavy atom. The molecule has 0 aliphatic rings. The van der Waals surface area contributed by atoms with E-state index in [-0.39, 0.29) is 23.7 Å². The highest BCUT2D eigenvalue weighted by Crippen LogP contribution is 2.30. The van der Waals surface area contributed by atoms with E-state index in [1.54, 1.807) is 17.9 Å². The number of halogens is 3. The lowest BCUT2D eigenvalue weighted by atomic mass is 10.1. The molecule has 2 aromatic carbocycles. The zero-order valence-electron chi connectivity index (χ0n) is 17.0. The predicted octanol–water partition coefficient (Wildman–Crippen LogP) is 3.77. The van der Waals surface area contributed by atoms with Crippen molar-refractivity contribution >= 4 is 5.91 Å². The molecule has 0 aliphatic carbocycles. The van der Waals surface area contributed by atoms with Gasteiger partial charge in [-0.25, -0.2) is 14.3 Å². The summed E-state index contributed by atoms with van der Waals surface area (Å²) < 4.78 is 42.1. The lowest BCUT2D eigenvalue weighted by Gasteiger charge is -2.11. The summed E-state index contributed by atoms with van der Waals surface area (Å²) in [6, 6.07) is 12.5. The van der Waals surface area contributed by atoms with Gasteiger partial charge < -0.3 is 5.32 Å². The van der Waals surface area contributed by atoms with Crippen LogP contribution in [-0.2, 0) is 19.3 Å². The molecule has 4 rings (SSSR count). The van der Waals surface area contributed by atoms with Gasteiger partial charge in [0.1, 0.15) is 12.7 Å². The van der Waals surface area contributed by atoms with Crippen LogP contribution in [0.15, 0.2) is 67.4 Å². The molecule has 2 heterocycles. The van der Waals surface area contributed by atoms with Crippen molar-refractivity contribution in [3.8, 4) is 5.69 Å². The van der Waals surface area contributed by atoms with E-state index < -0.39 is 11.7 Å². The van der Waals surface area contributed by atoms with Gasteiger partial charge in [0, 0.05) is 6.54 Å². The second kappa shape index (κ2) is 8.66. The molecule has 0 fully saturated rings. The van der Waals surface area contributed by atoms with Gasteiger partial charge in [-0.05, 0) is 36.2 Å². The smallest absolute Gasteiger partial charge is 0.348 e. The fourth-order valence-electron chi connectivity index (χ4n) is 3.35. The summed E-state index contributed by atoms with van der Waals surface area (Å²) in [5.41, 5.74) is 2.08. The average molecular weight is 440 g/mol. The molecule has 0 atom stereocenters. The molecule has 0 radical (unpaired) electrons. The fraction of sp³-hybridized carbons (Fsp3) is 0.182. The SMILES string of the molecule is Cc1c(C(=O)NCc2ccccc2Cn2cncn2)cnn1-c1cccc(C(F)(F)F)c1. The fourth-order valence-corrected chi connectivity index (χ4v) is 3.35. The van der Waals surface area contributed by atoms with E-state index in [2.05, 4.69) is 20.5 Å². The number of alkyl halides is 3. The number of hydrogen-bond donors (Lipinski definition) is 1. The van der Waals surface area contributed by atoms with E-state index in [1.807, 2.05) is 24.3 Å². The van der Waals surface area contributed by atoms with Gasteiger partial charge in [0.05, 0.1) is 35.2 Å². The van der Waals surface area contributed by atoms with Gasteiger partial charge in [-0.15, -0.1) is 0 Å². The number of aromatic nitrogens is 5. The lowest BCUT2D eigenvalue weighted by molar-refractivity contribution is -0.137. The molecule has 7 nitrogen and oxygen atoms in total. The summed E-state index contributed by atoms with van der Waals surface area (Å²) >= 11 is 0. The molecule has 0 saturated carbocycles. The number of carbonyl (C=O) groups excluding carboxylic acids is 1. The van der Waals surface area contributed by atoms with Crippen molar-refractivity contribution < 1.29 is 18.0 Å². The summed E-state index contributed by atoms with van der Waals surface area (Å²) in [6.45, 7) is 2.43. The Morgan fingerprint density at radius 1 is 1.06 bits per heavy atom. The standard InChI is InChI=1S/C22H19F3N6O/c1-15-20(11-28-31(15)19-8-4-7-18(9-19)22(23,24)25)21(32)27-10-16-5-2-3-6-17(16)12-30-14-26-13-29-30/h2-9,11,13-14H,10,12H2,1H3,(H,27,32). The molecule has 1 amide bonds. The highest BCUT2D eigenvalue weighted by Gasteiger charge is 2.30. The minimum absolute atomic E-state index is 0.231. The highest BCUT2D eigenvalue weighted by molar-refractivity contribution is 5.95. The van der Waals surface area contributed by atoms with Gasteiger partial charge >= 0.3 is 6.18 Å². The van der Waals surface area contributed by atoms with Crippen LogP contribution in [0, 0.1) is 6.92 Å². The molecule has 2 aromatic heterocycles. The Morgan fingerprint density at radius 2 is 1.84 bits per heavy atom. The summed E-state index contributed by atoms with van der Waals surface area (Å²) in [5.74, 6) is -0.365. The third kappa shape index (κ3) is 4.53. The van der Waals surface area contributed by atoms with Gasteiger partial charge in [0.15, 0.2) is 0 Å². The minimum atomic E-state index is -4.46. The van der Waals surface area contributed by atoms with E-state index in [1.165, 1.54) is 29.3 Å². The Balaban J connectivity index is 1.50. The van der Waals surface area contributed by atoms with Crippen LogP contribution in [0.3, 0.4) is 0 Å². The molecular formula is C22H19F3N6O. The van der Waals surface area contributed by atoms with Crippen LogP contribution in [0.2, 0.25) is 0 Å². The van der Waals surface area contributed by atoms with Crippen molar-refractivity contribution in [2.24, 2.45) is 0 Å². The topological polar surface area (TPSA) is 77.6 Å². The number of benzene rings is 2. The summed E-state index contributed by atoms with van der Waals surface area (Å²) in [5, 5.41) is 11.1. The van der Waals surface area contributed by atoms with Crippen LogP contribution in [-0.4, -0.2) is 30.5 Å². The molecule has 0 unspecified atom stereocenters. The van der Waals surface area contributed by atoms with Crippen molar-refractivity contribution in [3.63, 3.8) is 0 Å². The second-order valence-corrected chi connectivity index (χ2v) is 7.15.